The third kappa shape index (κ3) is 2.34. The van der Waals surface area contributed by atoms with Gasteiger partial charge >= 0.3 is 0 Å². The summed E-state index contributed by atoms with van der Waals surface area (Å²) in [4.78, 5) is 13.6. The molecular formula is C16H17N3O4S. The van der Waals surface area contributed by atoms with E-state index >= 15 is 0 Å². The van der Waals surface area contributed by atoms with Crippen LogP contribution in [0.2, 0.25) is 0 Å². The minimum absolute atomic E-state index is 0.0205. The summed E-state index contributed by atoms with van der Waals surface area (Å²) in [6.45, 7) is 1.58. The topological polar surface area (TPSA) is 96.9 Å². The lowest BCUT2D eigenvalue weighted by atomic mass is 10.2. The average molecular weight is 347 g/mol. The van der Waals surface area contributed by atoms with Crippen LogP contribution in [0.3, 0.4) is 0 Å². The normalized spacial score (nSPS) is 18.6. The van der Waals surface area contributed by atoms with Gasteiger partial charge in [0.1, 0.15) is 5.58 Å². The number of amides is 1. The number of rotatable bonds is 3. The van der Waals surface area contributed by atoms with Crippen molar-refractivity contribution in [1.82, 2.24) is 9.21 Å². The number of hydrogen-bond donors (Lipinski definition) is 1. The van der Waals surface area contributed by atoms with E-state index in [0.717, 1.165) is 16.5 Å². The second-order valence-corrected chi connectivity index (χ2v) is 7.99. The summed E-state index contributed by atoms with van der Waals surface area (Å²) in [6, 6.07) is 6.60. The molecular weight excluding hydrogens is 330 g/mol. The van der Waals surface area contributed by atoms with Crippen LogP contribution in [0.1, 0.15) is 0 Å². The standard InChI is InChI=1S/C16H17N3O4S/c17-6-16(20)18-7-12-9-19(10-13(12)8-18)24(21,22)14-1-2-15-11(5-14)3-4-23-15/h1-5H,6-10,17H2. The Morgan fingerprint density at radius 1 is 1.12 bits per heavy atom. The molecule has 2 aliphatic rings. The van der Waals surface area contributed by atoms with Gasteiger partial charge in [-0.1, -0.05) is 0 Å². The van der Waals surface area contributed by atoms with E-state index in [4.69, 9.17) is 10.2 Å². The lowest BCUT2D eigenvalue weighted by Crippen LogP contribution is -2.38. The number of fused-ring (bicyclic) bond motifs is 1. The van der Waals surface area contributed by atoms with Crippen LogP contribution in [0.5, 0.6) is 0 Å². The Kier molecular flexibility index (Phi) is 3.48. The zero-order valence-electron chi connectivity index (χ0n) is 12.9. The first-order chi connectivity index (χ1) is 11.5. The summed E-state index contributed by atoms with van der Waals surface area (Å²) in [5.74, 6) is -0.107. The average Bonchev–Trinajstić information content (AvgIpc) is 3.26. The molecule has 0 radical (unpaired) electrons. The minimum Gasteiger partial charge on any atom is -0.464 e. The van der Waals surface area contributed by atoms with Crippen LogP contribution in [-0.2, 0) is 14.8 Å². The molecule has 4 rings (SSSR count). The number of hydrogen-bond acceptors (Lipinski definition) is 5. The largest absolute Gasteiger partial charge is 0.464 e. The fraction of sp³-hybridized carbons (Fsp3) is 0.312. The van der Waals surface area contributed by atoms with Gasteiger partial charge in [0, 0.05) is 31.6 Å². The molecule has 1 amide bonds. The van der Waals surface area contributed by atoms with E-state index in [2.05, 4.69) is 0 Å². The Morgan fingerprint density at radius 3 is 2.50 bits per heavy atom. The molecule has 0 saturated heterocycles. The number of sulfonamides is 1. The molecule has 2 aromatic rings. The van der Waals surface area contributed by atoms with Gasteiger partial charge in [0.2, 0.25) is 15.9 Å². The summed E-state index contributed by atoms with van der Waals surface area (Å²) in [7, 11) is -3.57. The van der Waals surface area contributed by atoms with Crippen molar-refractivity contribution < 1.29 is 17.6 Å². The van der Waals surface area contributed by atoms with Crippen LogP contribution in [-0.4, -0.2) is 56.3 Å². The van der Waals surface area contributed by atoms with Crippen LogP contribution >= 0.6 is 0 Å². The van der Waals surface area contributed by atoms with Crippen molar-refractivity contribution in [2.24, 2.45) is 5.73 Å². The molecule has 126 valence electrons. The molecule has 0 atom stereocenters. The predicted molar refractivity (Wildman–Crippen MR) is 87.6 cm³/mol. The maximum atomic E-state index is 12.9. The lowest BCUT2D eigenvalue weighted by Gasteiger charge is -2.22. The maximum absolute atomic E-state index is 12.9. The molecule has 24 heavy (non-hydrogen) atoms. The lowest BCUT2D eigenvalue weighted by molar-refractivity contribution is -0.128. The van der Waals surface area contributed by atoms with Gasteiger partial charge in [0.15, 0.2) is 0 Å². The van der Waals surface area contributed by atoms with E-state index in [-0.39, 0.29) is 17.3 Å². The Balaban J connectivity index is 1.54. The Hall–Kier alpha value is -2.16. The molecule has 1 aromatic heterocycles. The first kappa shape index (κ1) is 15.4. The molecule has 0 aliphatic carbocycles. The van der Waals surface area contributed by atoms with Crippen molar-refractivity contribution in [2.45, 2.75) is 4.90 Å². The van der Waals surface area contributed by atoms with Crippen LogP contribution in [0.4, 0.5) is 0 Å². The smallest absolute Gasteiger partial charge is 0.243 e. The molecule has 7 nitrogen and oxygen atoms in total. The first-order valence-electron chi connectivity index (χ1n) is 7.64. The predicted octanol–water partition coefficient (Wildman–Crippen LogP) is 0.535. The minimum atomic E-state index is -3.57. The Morgan fingerprint density at radius 2 is 1.83 bits per heavy atom. The highest BCUT2D eigenvalue weighted by Gasteiger charge is 2.37. The van der Waals surface area contributed by atoms with E-state index in [0.29, 0.717) is 31.8 Å². The van der Waals surface area contributed by atoms with Crippen molar-refractivity contribution in [2.75, 3.05) is 32.7 Å². The summed E-state index contributed by atoms with van der Waals surface area (Å²) in [5.41, 5.74) is 8.06. The van der Waals surface area contributed by atoms with Crippen molar-refractivity contribution in [1.29, 1.82) is 0 Å². The fourth-order valence-corrected chi connectivity index (χ4v) is 4.74. The third-order valence-corrected chi connectivity index (χ3v) is 6.37. The summed E-state index contributed by atoms with van der Waals surface area (Å²) in [6.07, 6.45) is 1.54. The maximum Gasteiger partial charge on any atom is 0.243 e. The Bertz CT molecular complexity index is 943. The zero-order valence-corrected chi connectivity index (χ0v) is 13.8. The number of nitrogens with zero attached hydrogens (tertiary/aromatic N) is 2. The Labute approximate surface area is 139 Å². The zero-order chi connectivity index (χ0) is 16.9. The number of furan rings is 1. The van der Waals surface area contributed by atoms with Crippen molar-refractivity contribution in [3.05, 3.63) is 41.7 Å². The molecule has 0 fully saturated rings. The molecule has 0 spiro atoms. The summed E-state index contributed by atoms with van der Waals surface area (Å²) < 4.78 is 32.5. The molecule has 0 unspecified atom stereocenters. The monoisotopic (exact) mass is 347 g/mol. The van der Waals surface area contributed by atoms with E-state index < -0.39 is 10.0 Å². The molecule has 0 bridgehead atoms. The quantitative estimate of drug-likeness (QED) is 0.817. The molecule has 3 heterocycles. The van der Waals surface area contributed by atoms with Crippen LogP contribution < -0.4 is 5.73 Å². The van der Waals surface area contributed by atoms with Gasteiger partial charge in [0.25, 0.3) is 0 Å². The van der Waals surface area contributed by atoms with E-state index in [1.807, 2.05) is 0 Å². The third-order valence-electron chi connectivity index (χ3n) is 4.59. The highest BCUT2D eigenvalue weighted by molar-refractivity contribution is 7.89. The van der Waals surface area contributed by atoms with Gasteiger partial charge in [0.05, 0.1) is 17.7 Å². The SMILES string of the molecule is NCC(=O)N1CC2=C(C1)CN(S(=O)(=O)c1ccc3occc3c1)C2. The highest BCUT2D eigenvalue weighted by atomic mass is 32.2. The van der Waals surface area contributed by atoms with Crippen LogP contribution in [0.15, 0.2) is 51.0 Å². The second-order valence-electron chi connectivity index (χ2n) is 6.05. The van der Waals surface area contributed by atoms with Gasteiger partial charge in [-0.3, -0.25) is 4.79 Å². The van der Waals surface area contributed by atoms with Crippen LogP contribution in [0.25, 0.3) is 11.0 Å². The van der Waals surface area contributed by atoms with Crippen molar-refractivity contribution >= 4 is 26.9 Å². The number of carbonyl (C=O) groups is 1. The van der Waals surface area contributed by atoms with Gasteiger partial charge in [-0.05, 0) is 35.4 Å². The van der Waals surface area contributed by atoms with Gasteiger partial charge in [-0.15, -0.1) is 0 Å². The molecule has 1 aromatic carbocycles. The second kappa shape index (κ2) is 5.44. The summed E-state index contributed by atoms with van der Waals surface area (Å²) >= 11 is 0. The van der Waals surface area contributed by atoms with Gasteiger partial charge in [-0.2, -0.15) is 4.31 Å². The van der Waals surface area contributed by atoms with Gasteiger partial charge in [-0.25, -0.2) is 8.42 Å². The fourth-order valence-electron chi connectivity index (χ4n) is 3.28. The molecule has 2 N–H and O–H groups in total. The first-order valence-corrected chi connectivity index (χ1v) is 9.08. The molecule has 8 heteroatoms. The van der Waals surface area contributed by atoms with Crippen LogP contribution in [0, 0.1) is 0 Å². The highest BCUT2D eigenvalue weighted by Crippen LogP contribution is 2.31. The van der Waals surface area contributed by atoms with Crippen molar-refractivity contribution in [3.63, 3.8) is 0 Å². The van der Waals surface area contributed by atoms with Crippen molar-refractivity contribution in [3.8, 4) is 0 Å². The van der Waals surface area contributed by atoms with Gasteiger partial charge < -0.3 is 15.1 Å². The molecule has 0 saturated carbocycles. The van der Waals surface area contributed by atoms with E-state index in [9.17, 15) is 13.2 Å². The number of benzene rings is 1. The summed E-state index contributed by atoms with van der Waals surface area (Å²) in [5, 5.41) is 0.760. The van der Waals surface area contributed by atoms with E-state index in [1.165, 1.54) is 10.6 Å². The number of carbonyl (C=O) groups excluding carboxylic acids is 1. The van der Waals surface area contributed by atoms with E-state index in [1.54, 1.807) is 29.2 Å². The molecule has 2 aliphatic heterocycles. The number of nitrogens with two attached hydrogens (primary N) is 1.